The minimum absolute atomic E-state index is 0.170. The molecule has 0 saturated carbocycles. The van der Waals surface area contributed by atoms with E-state index < -0.39 is 11.2 Å². The first-order valence-electron chi connectivity index (χ1n) is 12.0. The van der Waals surface area contributed by atoms with Gasteiger partial charge in [0.05, 0.1) is 23.2 Å². The number of para-hydroxylation sites is 1. The van der Waals surface area contributed by atoms with Crippen molar-refractivity contribution in [3.63, 3.8) is 0 Å². The summed E-state index contributed by atoms with van der Waals surface area (Å²) in [5, 5.41) is 12.1. The molecule has 0 saturated heterocycles. The number of benzene rings is 3. The lowest BCUT2D eigenvalue weighted by atomic mass is 10.2. The average molecular weight is 533 g/mol. The Labute approximate surface area is 225 Å². The maximum absolute atomic E-state index is 13.2. The number of carbonyl (C=O) groups is 2. The van der Waals surface area contributed by atoms with Gasteiger partial charge in [0.1, 0.15) is 5.82 Å². The summed E-state index contributed by atoms with van der Waals surface area (Å²) in [6.07, 6.45) is 0.587. The highest BCUT2D eigenvalue weighted by Crippen LogP contribution is 2.31. The molecule has 1 amide bonds. The summed E-state index contributed by atoms with van der Waals surface area (Å²) in [6.45, 7) is 4.01. The average Bonchev–Trinajstić information content (AvgIpc) is 3.34. The van der Waals surface area contributed by atoms with E-state index in [2.05, 4.69) is 27.6 Å². The molecule has 0 aliphatic heterocycles. The predicted molar refractivity (Wildman–Crippen MR) is 148 cm³/mol. The molecule has 0 spiro atoms. The fourth-order valence-corrected chi connectivity index (χ4v) is 5.41. The molecule has 1 atom stereocenters. The Morgan fingerprint density at radius 1 is 0.946 bits per heavy atom. The fourth-order valence-electron chi connectivity index (χ4n) is 3.58. The van der Waals surface area contributed by atoms with E-state index in [1.165, 1.54) is 11.8 Å². The number of ether oxygens (including phenoxy) is 1. The number of esters is 1. The van der Waals surface area contributed by atoms with Crippen molar-refractivity contribution >= 4 is 41.1 Å². The highest BCUT2D eigenvalue weighted by molar-refractivity contribution is 8.00. The number of anilines is 1. The molecule has 0 aliphatic carbocycles. The van der Waals surface area contributed by atoms with Gasteiger partial charge >= 0.3 is 5.97 Å². The van der Waals surface area contributed by atoms with Crippen LogP contribution in [0.1, 0.15) is 36.5 Å². The zero-order chi connectivity index (χ0) is 26.0. The molecule has 4 rings (SSSR count). The minimum Gasteiger partial charge on any atom is -0.462 e. The van der Waals surface area contributed by atoms with Gasteiger partial charge in [0, 0.05) is 16.3 Å². The SMILES string of the molecule is CCOC(=O)c1cccc(NC(=O)C(CC)Sc2nnc(CSc3ccccc3)n2-c2ccccc2)c1. The van der Waals surface area contributed by atoms with Crippen molar-refractivity contribution in [3.8, 4) is 5.69 Å². The maximum Gasteiger partial charge on any atom is 0.338 e. The molecule has 1 heterocycles. The van der Waals surface area contributed by atoms with Gasteiger partial charge in [0.25, 0.3) is 0 Å². The zero-order valence-electron chi connectivity index (χ0n) is 20.7. The van der Waals surface area contributed by atoms with Gasteiger partial charge in [0.15, 0.2) is 5.16 Å². The summed E-state index contributed by atoms with van der Waals surface area (Å²) in [5.41, 5.74) is 1.87. The van der Waals surface area contributed by atoms with Gasteiger partial charge in [-0.05, 0) is 55.8 Å². The van der Waals surface area contributed by atoms with Crippen molar-refractivity contribution in [2.75, 3.05) is 11.9 Å². The fraction of sp³-hybridized carbons (Fsp3) is 0.214. The van der Waals surface area contributed by atoms with Crippen LogP contribution in [0, 0.1) is 0 Å². The summed E-state index contributed by atoms with van der Waals surface area (Å²) in [7, 11) is 0. The van der Waals surface area contributed by atoms with Crippen LogP contribution in [0.4, 0.5) is 5.69 Å². The Bertz CT molecular complexity index is 1330. The van der Waals surface area contributed by atoms with Crippen LogP contribution in [-0.4, -0.2) is 38.5 Å². The minimum atomic E-state index is -0.420. The second kappa shape index (κ2) is 13.1. The first-order valence-corrected chi connectivity index (χ1v) is 13.9. The molecule has 1 aromatic heterocycles. The van der Waals surface area contributed by atoms with E-state index >= 15 is 0 Å². The first-order chi connectivity index (χ1) is 18.1. The Balaban J connectivity index is 1.53. The lowest BCUT2D eigenvalue weighted by molar-refractivity contribution is -0.115. The molecule has 190 valence electrons. The number of aromatic nitrogens is 3. The van der Waals surface area contributed by atoms with Crippen molar-refractivity contribution < 1.29 is 14.3 Å². The summed E-state index contributed by atoms with van der Waals surface area (Å²) >= 11 is 3.06. The normalized spacial score (nSPS) is 11.6. The van der Waals surface area contributed by atoms with Crippen LogP contribution in [0.2, 0.25) is 0 Å². The topological polar surface area (TPSA) is 86.1 Å². The van der Waals surface area contributed by atoms with Crippen LogP contribution in [0.5, 0.6) is 0 Å². The lowest BCUT2D eigenvalue weighted by Crippen LogP contribution is -2.25. The van der Waals surface area contributed by atoms with E-state index in [1.807, 2.05) is 60.0 Å². The van der Waals surface area contributed by atoms with E-state index in [9.17, 15) is 9.59 Å². The molecule has 1 unspecified atom stereocenters. The molecular formula is C28H28N4O3S2. The number of carbonyl (C=O) groups excluding carboxylic acids is 2. The van der Waals surface area contributed by atoms with Gasteiger partial charge in [-0.25, -0.2) is 4.79 Å². The molecule has 7 nitrogen and oxygen atoms in total. The summed E-state index contributed by atoms with van der Waals surface area (Å²) in [5.74, 6) is 0.851. The van der Waals surface area contributed by atoms with Crippen LogP contribution in [0.25, 0.3) is 5.69 Å². The molecule has 0 fully saturated rings. The third kappa shape index (κ3) is 7.02. The van der Waals surface area contributed by atoms with E-state index in [0.29, 0.717) is 28.6 Å². The van der Waals surface area contributed by atoms with Gasteiger partial charge in [-0.15, -0.1) is 22.0 Å². The van der Waals surface area contributed by atoms with E-state index in [0.717, 1.165) is 16.4 Å². The Morgan fingerprint density at radius 3 is 2.38 bits per heavy atom. The van der Waals surface area contributed by atoms with Crippen LogP contribution in [0.15, 0.2) is 95.0 Å². The molecule has 1 N–H and O–H groups in total. The zero-order valence-corrected chi connectivity index (χ0v) is 22.3. The van der Waals surface area contributed by atoms with Crippen LogP contribution >= 0.6 is 23.5 Å². The van der Waals surface area contributed by atoms with Crippen molar-refractivity contribution in [3.05, 3.63) is 96.3 Å². The van der Waals surface area contributed by atoms with Crippen LogP contribution in [0.3, 0.4) is 0 Å². The molecule has 0 bridgehead atoms. The standard InChI is InChI=1S/C28H28N4O3S2/c1-3-24(26(33)29-21-13-11-12-20(18-21)27(34)35-4-2)37-28-31-30-25(19-36-23-16-9-6-10-17-23)32(28)22-14-7-5-8-15-22/h5-18,24H,3-4,19H2,1-2H3,(H,29,33). The molecular weight excluding hydrogens is 504 g/mol. The Kier molecular flexibility index (Phi) is 9.40. The van der Waals surface area contributed by atoms with Gasteiger partial charge in [-0.2, -0.15) is 0 Å². The lowest BCUT2D eigenvalue weighted by Gasteiger charge is -2.16. The van der Waals surface area contributed by atoms with Gasteiger partial charge in [-0.3, -0.25) is 9.36 Å². The number of amides is 1. The van der Waals surface area contributed by atoms with Crippen LogP contribution < -0.4 is 5.32 Å². The number of hydrogen-bond acceptors (Lipinski definition) is 7. The number of rotatable bonds is 11. The van der Waals surface area contributed by atoms with Crippen molar-refractivity contribution in [1.29, 1.82) is 0 Å². The Hall–Kier alpha value is -3.56. The maximum atomic E-state index is 13.2. The van der Waals surface area contributed by atoms with Crippen molar-refractivity contribution in [2.24, 2.45) is 0 Å². The number of nitrogens with one attached hydrogen (secondary N) is 1. The van der Waals surface area contributed by atoms with Crippen molar-refractivity contribution in [2.45, 2.75) is 41.3 Å². The molecule has 4 aromatic rings. The number of hydrogen-bond donors (Lipinski definition) is 1. The smallest absolute Gasteiger partial charge is 0.338 e. The van der Waals surface area contributed by atoms with Gasteiger partial charge < -0.3 is 10.1 Å². The summed E-state index contributed by atoms with van der Waals surface area (Å²) in [4.78, 5) is 26.4. The first kappa shape index (κ1) is 26.5. The monoisotopic (exact) mass is 532 g/mol. The van der Waals surface area contributed by atoms with Gasteiger partial charge in [0.2, 0.25) is 5.91 Å². The highest BCUT2D eigenvalue weighted by Gasteiger charge is 2.24. The summed E-state index contributed by atoms with van der Waals surface area (Å²) in [6, 6.07) is 26.8. The van der Waals surface area contributed by atoms with Gasteiger partial charge in [-0.1, -0.05) is 61.2 Å². The second-order valence-corrected chi connectivity index (χ2v) is 10.2. The Morgan fingerprint density at radius 2 is 1.68 bits per heavy atom. The number of nitrogens with zero attached hydrogens (tertiary/aromatic N) is 3. The molecule has 3 aromatic carbocycles. The van der Waals surface area contributed by atoms with Crippen LogP contribution in [-0.2, 0) is 15.3 Å². The summed E-state index contributed by atoms with van der Waals surface area (Å²) < 4.78 is 7.08. The quantitative estimate of drug-likeness (QED) is 0.181. The predicted octanol–water partition coefficient (Wildman–Crippen LogP) is 6.25. The molecule has 0 aliphatic rings. The van der Waals surface area contributed by atoms with E-state index in [1.54, 1.807) is 43.0 Å². The third-order valence-electron chi connectivity index (χ3n) is 5.38. The number of thioether (sulfide) groups is 2. The second-order valence-electron chi connectivity index (χ2n) is 7.98. The largest absolute Gasteiger partial charge is 0.462 e. The molecule has 9 heteroatoms. The third-order valence-corrected chi connectivity index (χ3v) is 7.69. The van der Waals surface area contributed by atoms with E-state index in [-0.39, 0.29) is 12.5 Å². The van der Waals surface area contributed by atoms with E-state index in [4.69, 9.17) is 4.74 Å². The van der Waals surface area contributed by atoms with Crippen molar-refractivity contribution in [1.82, 2.24) is 14.8 Å². The molecule has 37 heavy (non-hydrogen) atoms. The highest BCUT2D eigenvalue weighted by atomic mass is 32.2. The molecule has 0 radical (unpaired) electrons.